The second-order valence-corrected chi connectivity index (χ2v) is 3.99. The predicted molar refractivity (Wildman–Crippen MR) is 58.6 cm³/mol. The Balaban J connectivity index is 2.15. The molecule has 0 aromatic carbocycles. The summed E-state index contributed by atoms with van der Waals surface area (Å²) in [7, 11) is 0. The minimum Gasteiger partial charge on any atom is -0.477 e. The molecule has 1 fully saturated rings. The highest BCUT2D eigenvalue weighted by Gasteiger charge is 2.22. The highest BCUT2D eigenvalue weighted by Crippen LogP contribution is 2.23. The number of nitrogens with zero attached hydrogens (tertiary/aromatic N) is 2. The van der Waals surface area contributed by atoms with Crippen molar-refractivity contribution in [3.05, 3.63) is 24.0 Å². The van der Waals surface area contributed by atoms with E-state index < -0.39 is 5.97 Å². The molecular formula is C11H14N2O3. The summed E-state index contributed by atoms with van der Waals surface area (Å²) in [6.45, 7) is 1.82. The van der Waals surface area contributed by atoms with Gasteiger partial charge in [-0.3, -0.25) is 0 Å². The van der Waals surface area contributed by atoms with E-state index in [1.54, 1.807) is 12.1 Å². The second kappa shape index (κ2) is 4.49. The van der Waals surface area contributed by atoms with E-state index in [4.69, 9.17) is 10.2 Å². The number of hydrogen-bond acceptors (Lipinski definition) is 4. The molecule has 5 heteroatoms. The Labute approximate surface area is 93.3 Å². The van der Waals surface area contributed by atoms with Gasteiger partial charge in [-0.1, -0.05) is 0 Å². The number of aliphatic hydroxyl groups excluding tert-OH is 1. The number of aliphatic hydroxyl groups is 1. The molecular weight excluding hydrogens is 208 g/mol. The van der Waals surface area contributed by atoms with Crippen molar-refractivity contribution in [3.63, 3.8) is 0 Å². The molecule has 1 aromatic heterocycles. The first-order valence-electron chi connectivity index (χ1n) is 5.26. The van der Waals surface area contributed by atoms with Crippen molar-refractivity contribution in [2.24, 2.45) is 5.92 Å². The molecule has 0 radical (unpaired) electrons. The van der Waals surface area contributed by atoms with E-state index in [0.29, 0.717) is 5.92 Å². The number of carbonyl (C=O) groups is 1. The Kier molecular flexibility index (Phi) is 3.05. The maximum absolute atomic E-state index is 10.8. The first-order chi connectivity index (χ1) is 7.70. The Hall–Kier alpha value is -1.62. The molecule has 86 valence electrons. The van der Waals surface area contributed by atoms with Gasteiger partial charge in [0.2, 0.25) is 0 Å². The zero-order valence-corrected chi connectivity index (χ0v) is 8.83. The first-order valence-corrected chi connectivity index (χ1v) is 5.26. The molecule has 2 rings (SSSR count). The van der Waals surface area contributed by atoms with Crippen LogP contribution in [0, 0.1) is 5.92 Å². The molecule has 16 heavy (non-hydrogen) atoms. The zero-order valence-electron chi connectivity index (χ0n) is 8.83. The zero-order chi connectivity index (χ0) is 11.5. The van der Waals surface area contributed by atoms with Crippen molar-refractivity contribution in [1.29, 1.82) is 0 Å². The van der Waals surface area contributed by atoms with Crippen LogP contribution in [0.25, 0.3) is 0 Å². The lowest BCUT2D eigenvalue weighted by atomic mass is 10.1. The van der Waals surface area contributed by atoms with Crippen LogP contribution < -0.4 is 4.90 Å². The van der Waals surface area contributed by atoms with Gasteiger partial charge in [0.05, 0.1) is 0 Å². The summed E-state index contributed by atoms with van der Waals surface area (Å²) in [4.78, 5) is 16.6. The van der Waals surface area contributed by atoms with Crippen molar-refractivity contribution in [2.45, 2.75) is 6.42 Å². The quantitative estimate of drug-likeness (QED) is 0.783. The van der Waals surface area contributed by atoms with Gasteiger partial charge in [-0.25, -0.2) is 9.78 Å². The van der Waals surface area contributed by atoms with Crippen molar-refractivity contribution in [3.8, 4) is 0 Å². The molecule has 1 aliphatic rings. The molecule has 0 bridgehead atoms. The van der Waals surface area contributed by atoms with E-state index in [0.717, 1.165) is 25.2 Å². The summed E-state index contributed by atoms with van der Waals surface area (Å²) in [5.74, 6) is -0.721. The highest BCUT2D eigenvalue weighted by molar-refractivity contribution is 5.86. The Morgan fingerprint density at radius 2 is 2.44 bits per heavy atom. The maximum Gasteiger partial charge on any atom is 0.354 e. The standard InChI is InChI=1S/C11H14N2O3/c14-7-8-2-4-13(6-8)9-1-3-12-10(5-9)11(15)16/h1,3,5,8,14H,2,4,6-7H2,(H,15,16). The lowest BCUT2D eigenvalue weighted by Gasteiger charge is -2.18. The van der Waals surface area contributed by atoms with Gasteiger partial charge in [0.25, 0.3) is 0 Å². The van der Waals surface area contributed by atoms with Gasteiger partial charge < -0.3 is 15.1 Å². The van der Waals surface area contributed by atoms with Gasteiger partial charge in [-0.05, 0) is 18.6 Å². The van der Waals surface area contributed by atoms with Crippen LogP contribution in [0.2, 0.25) is 0 Å². The number of aromatic carboxylic acids is 1. The van der Waals surface area contributed by atoms with Crippen molar-refractivity contribution >= 4 is 11.7 Å². The minimum absolute atomic E-state index is 0.0601. The average molecular weight is 222 g/mol. The fourth-order valence-electron chi connectivity index (χ4n) is 1.95. The van der Waals surface area contributed by atoms with Crippen LogP contribution in [0.4, 0.5) is 5.69 Å². The molecule has 1 saturated heterocycles. The molecule has 0 saturated carbocycles. The number of carboxylic acids is 1. The summed E-state index contributed by atoms with van der Waals surface area (Å²) < 4.78 is 0. The predicted octanol–water partition coefficient (Wildman–Crippen LogP) is 0.598. The van der Waals surface area contributed by atoms with Crippen molar-refractivity contribution in [1.82, 2.24) is 4.98 Å². The lowest BCUT2D eigenvalue weighted by Crippen LogP contribution is -2.21. The van der Waals surface area contributed by atoms with Crippen LogP contribution in [0.5, 0.6) is 0 Å². The van der Waals surface area contributed by atoms with E-state index in [1.807, 2.05) is 0 Å². The topological polar surface area (TPSA) is 73.7 Å². The third kappa shape index (κ3) is 2.14. The van der Waals surface area contributed by atoms with Crippen LogP contribution in [0.15, 0.2) is 18.3 Å². The monoisotopic (exact) mass is 222 g/mol. The second-order valence-electron chi connectivity index (χ2n) is 3.99. The maximum atomic E-state index is 10.8. The summed E-state index contributed by atoms with van der Waals surface area (Å²) in [5, 5.41) is 17.9. The highest BCUT2D eigenvalue weighted by atomic mass is 16.4. The fourth-order valence-corrected chi connectivity index (χ4v) is 1.95. The van der Waals surface area contributed by atoms with Gasteiger partial charge >= 0.3 is 5.97 Å². The van der Waals surface area contributed by atoms with Crippen LogP contribution in [-0.4, -0.2) is 40.9 Å². The molecule has 1 aliphatic heterocycles. The van der Waals surface area contributed by atoms with Gasteiger partial charge in [-0.15, -0.1) is 0 Å². The van der Waals surface area contributed by atoms with Gasteiger partial charge in [0, 0.05) is 37.5 Å². The van der Waals surface area contributed by atoms with E-state index in [9.17, 15) is 4.79 Å². The van der Waals surface area contributed by atoms with Gasteiger partial charge in [-0.2, -0.15) is 0 Å². The first kappa shape index (κ1) is 10.9. The van der Waals surface area contributed by atoms with Gasteiger partial charge in [0.15, 0.2) is 0 Å². The number of aromatic nitrogens is 1. The smallest absolute Gasteiger partial charge is 0.354 e. The molecule has 1 aromatic rings. The SMILES string of the molecule is O=C(O)c1cc(N2CCC(CO)C2)ccn1. The number of pyridine rings is 1. The molecule has 0 amide bonds. The van der Waals surface area contributed by atoms with Crippen LogP contribution in [-0.2, 0) is 0 Å². The molecule has 1 atom stereocenters. The summed E-state index contributed by atoms with van der Waals surface area (Å²) in [6.07, 6.45) is 2.45. The lowest BCUT2D eigenvalue weighted by molar-refractivity contribution is 0.0690. The van der Waals surface area contributed by atoms with Crippen LogP contribution in [0.3, 0.4) is 0 Å². The molecule has 2 heterocycles. The van der Waals surface area contributed by atoms with E-state index in [-0.39, 0.29) is 12.3 Å². The Bertz CT molecular complexity index is 395. The Morgan fingerprint density at radius 1 is 1.62 bits per heavy atom. The number of anilines is 1. The third-order valence-electron chi connectivity index (χ3n) is 2.87. The molecule has 2 N–H and O–H groups in total. The fraction of sp³-hybridized carbons (Fsp3) is 0.455. The molecule has 0 aliphatic carbocycles. The Morgan fingerprint density at radius 3 is 3.06 bits per heavy atom. The normalized spacial score (nSPS) is 20.1. The molecule has 0 spiro atoms. The number of rotatable bonds is 3. The van der Waals surface area contributed by atoms with Crippen LogP contribution in [0.1, 0.15) is 16.9 Å². The van der Waals surface area contributed by atoms with Crippen molar-refractivity contribution < 1.29 is 15.0 Å². The molecule has 5 nitrogen and oxygen atoms in total. The average Bonchev–Trinajstić information content (AvgIpc) is 2.77. The van der Waals surface area contributed by atoms with Crippen LogP contribution >= 0.6 is 0 Å². The number of carboxylic acid groups (broad SMARTS) is 1. The summed E-state index contributed by atoms with van der Waals surface area (Å²) >= 11 is 0. The van der Waals surface area contributed by atoms with Crippen molar-refractivity contribution in [2.75, 3.05) is 24.6 Å². The van der Waals surface area contributed by atoms with E-state index >= 15 is 0 Å². The largest absolute Gasteiger partial charge is 0.477 e. The van der Waals surface area contributed by atoms with E-state index in [2.05, 4.69) is 9.88 Å². The summed E-state index contributed by atoms with van der Waals surface area (Å²) in [5.41, 5.74) is 0.924. The van der Waals surface area contributed by atoms with E-state index in [1.165, 1.54) is 6.20 Å². The number of hydrogen-bond donors (Lipinski definition) is 2. The molecule has 1 unspecified atom stereocenters. The minimum atomic E-state index is -1.01. The summed E-state index contributed by atoms with van der Waals surface area (Å²) in [6, 6.07) is 3.37. The third-order valence-corrected chi connectivity index (χ3v) is 2.87. The van der Waals surface area contributed by atoms with Gasteiger partial charge in [0.1, 0.15) is 5.69 Å².